The Kier molecular flexibility index (Phi) is 9.64. The van der Waals surface area contributed by atoms with E-state index in [1.807, 2.05) is 19.2 Å². The molecule has 1 aliphatic carbocycles. The molecule has 0 spiro atoms. The standard InChI is InChI=1S/C49H54N3OSi/c1-9-40(50-5)47-35(26-31(3)45-46-32(4)27-41(34-20-12-11-13-21-34)51-49(46)53-48(45)47)24-25-39-37-22-16-17-23-38(37)43-29-36(28-33-18-14-15-19-33)44(54(6,7)8)30-52(43)42(39)10-2/h9-13,16-17,20-23,26-27,29-30,33,39,42H,1-2,14-15,18-19,24-25,28H2,3-8H3/q+1. The number of pyridine rings is 2. The Balaban J connectivity index is 1.23. The molecule has 0 N–H and O–H groups in total. The minimum absolute atomic E-state index is 0.145. The van der Waals surface area contributed by atoms with E-state index in [-0.39, 0.29) is 12.0 Å². The van der Waals surface area contributed by atoms with Crippen molar-refractivity contribution in [3.05, 3.63) is 138 Å². The van der Waals surface area contributed by atoms with Crippen molar-refractivity contribution in [2.45, 2.75) is 90.4 Å². The summed E-state index contributed by atoms with van der Waals surface area (Å²) >= 11 is 0. The Bertz CT molecular complexity index is 2440. The Morgan fingerprint density at radius 3 is 2.35 bits per heavy atom. The minimum Gasteiger partial charge on any atom is -0.437 e. The first-order valence-corrected chi connectivity index (χ1v) is 23.4. The number of hydrogen-bond acceptors (Lipinski definition) is 3. The molecule has 2 atom stereocenters. The number of hydrogen-bond donors (Lipinski definition) is 0. The van der Waals surface area contributed by atoms with Gasteiger partial charge in [-0.05, 0) is 91.1 Å². The first-order chi connectivity index (χ1) is 26.1. The van der Waals surface area contributed by atoms with Gasteiger partial charge in [-0.2, -0.15) is 4.57 Å². The molecule has 0 amide bonds. The van der Waals surface area contributed by atoms with Gasteiger partial charge in [-0.3, -0.25) is 4.99 Å². The molecule has 3 aromatic heterocycles. The zero-order valence-electron chi connectivity index (χ0n) is 33.0. The van der Waals surface area contributed by atoms with Crippen LogP contribution < -0.4 is 9.75 Å². The highest BCUT2D eigenvalue weighted by Crippen LogP contribution is 2.43. The summed E-state index contributed by atoms with van der Waals surface area (Å²) in [5, 5.41) is 3.78. The summed E-state index contributed by atoms with van der Waals surface area (Å²) in [6.45, 7) is 20.6. The monoisotopic (exact) mass is 728 g/mol. The molecule has 0 bridgehead atoms. The number of aromatic nitrogens is 2. The highest BCUT2D eigenvalue weighted by molar-refractivity contribution is 6.89. The highest BCUT2D eigenvalue weighted by Gasteiger charge is 2.40. The molecule has 1 saturated carbocycles. The van der Waals surface area contributed by atoms with Crippen molar-refractivity contribution in [3.8, 4) is 22.5 Å². The zero-order valence-corrected chi connectivity index (χ0v) is 34.0. The maximum Gasteiger partial charge on any atom is 0.228 e. The molecule has 54 heavy (non-hydrogen) atoms. The lowest BCUT2D eigenvalue weighted by molar-refractivity contribution is -0.706. The third-order valence-electron chi connectivity index (χ3n) is 12.3. The van der Waals surface area contributed by atoms with Gasteiger partial charge in [-0.25, -0.2) is 4.98 Å². The molecule has 2 unspecified atom stereocenters. The van der Waals surface area contributed by atoms with Crippen molar-refractivity contribution in [3.63, 3.8) is 0 Å². The molecule has 8 rings (SSSR count). The molecular formula is C49H54N3OSi+. The molecule has 0 radical (unpaired) electrons. The van der Waals surface area contributed by atoms with E-state index in [2.05, 4.69) is 130 Å². The van der Waals surface area contributed by atoms with Gasteiger partial charge >= 0.3 is 0 Å². The highest BCUT2D eigenvalue weighted by atomic mass is 28.3. The molecule has 1 aliphatic heterocycles. The number of benzene rings is 3. The molecule has 2 aliphatic rings. The minimum atomic E-state index is -1.63. The first kappa shape index (κ1) is 36.1. The Morgan fingerprint density at radius 1 is 0.926 bits per heavy atom. The van der Waals surface area contributed by atoms with Gasteiger partial charge in [0.15, 0.2) is 12.2 Å². The van der Waals surface area contributed by atoms with Crippen LogP contribution in [0.15, 0.2) is 114 Å². The van der Waals surface area contributed by atoms with Gasteiger partial charge in [-0.15, -0.1) is 0 Å². The van der Waals surface area contributed by atoms with Gasteiger partial charge in [0.1, 0.15) is 5.58 Å². The van der Waals surface area contributed by atoms with E-state index in [4.69, 9.17) is 14.4 Å². The summed E-state index contributed by atoms with van der Waals surface area (Å²) in [5.41, 5.74) is 14.6. The van der Waals surface area contributed by atoms with Crippen LogP contribution in [0, 0.1) is 19.8 Å². The van der Waals surface area contributed by atoms with Crippen LogP contribution in [0.1, 0.15) is 77.4 Å². The molecule has 4 nitrogen and oxygen atoms in total. The predicted octanol–water partition coefficient (Wildman–Crippen LogP) is 11.6. The lowest BCUT2D eigenvalue weighted by Crippen LogP contribution is -2.53. The Hall–Kier alpha value is -4.87. The number of rotatable bonds is 10. The number of allylic oxidation sites excluding steroid dienone is 2. The van der Waals surface area contributed by atoms with Crippen LogP contribution in [-0.4, -0.2) is 25.8 Å². The van der Waals surface area contributed by atoms with Crippen LogP contribution >= 0.6 is 0 Å². The smallest absolute Gasteiger partial charge is 0.228 e. The van der Waals surface area contributed by atoms with Crippen molar-refractivity contribution in [1.82, 2.24) is 4.98 Å². The van der Waals surface area contributed by atoms with E-state index in [9.17, 15) is 0 Å². The molecule has 5 heteroatoms. The summed E-state index contributed by atoms with van der Waals surface area (Å²) in [5.74, 6) is 1.07. The number of aliphatic imine (C=N–C) groups is 1. The fourth-order valence-electron chi connectivity index (χ4n) is 9.72. The third kappa shape index (κ3) is 6.30. The van der Waals surface area contributed by atoms with Gasteiger partial charge in [0.2, 0.25) is 11.4 Å². The van der Waals surface area contributed by atoms with Crippen LogP contribution in [-0.2, 0) is 12.8 Å². The van der Waals surface area contributed by atoms with E-state index in [1.165, 1.54) is 60.1 Å². The van der Waals surface area contributed by atoms with Crippen molar-refractivity contribution in [2.75, 3.05) is 7.05 Å². The lowest BCUT2D eigenvalue weighted by Gasteiger charge is -2.31. The van der Waals surface area contributed by atoms with Crippen LogP contribution in [0.4, 0.5) is 0 Å². The second kappa shape index (κ2) is 14.4. The second-order valence-electron chi connectivity index (χ2n) is 16.8. The molecule has 3 aromatic carbocycles. The SMILES string of the molecule is C=CC(=NC)c1c(CCC2c3ccccc3-c3cc(CC4CCCC4)c([Si](C)(C)C)c[n+]3C2C=C)cc(C)c2c1oc1nc(-c3ccccc3)cc(C)c12. The summed E-state index contributed by atoms with van der Waals surface area (Å²) < 4.78 is 9.40. The lowest BCUT2D eigenvalue weighted by atomic mass is 9.78. The summed E-state index contributed by atoms with van der Waals surface area (Å²) in [7, 11) is 0.217. The maximum atomic E-state index is 6.82. The fraction of sp³-hybridized carbons (Fsp3) is 0.327. The van der Waals surface area contributed by atoms with Gasteiger partial charge in [0.05, 0.1) is 30.8 Å². The van der Waals surface area contributed by atoms with E-state index < -0.39 is 8.07 Å². The van der Waals surface area contributed by atoms with Gasteiger partial charge in [0, 0.05) is 40.4 Å². The average Bonchev–Trinajstić information content (AvgIpc) is 3.83. The maximum absolute atomic E-state index is 6.82. The molecule has 6 aromatic rings. The van der Waals surface area contributed by atoms with Crippen LogP contribution in [0.2, 0.25) is 19.6 Å². The van der Waals surface area contributed by atoms with Gasteiger partial charge < -0.3 is 4.42 Å². The molecule has 0 saturated heterocycles. The van der Waals surface area contributed by atoms with Crippen LogP contribution in [0.25, 0.3) is 44.6 Å². The second-order valence-corrected chi connectivity index (χ2v) is 21.8. The topological polar surface area (TPSA) is 42.3 Å². The van der Waals surface area contributed by atoms with Crippen molar-refractivity contribution in [2.24, 2.45) is 10.9 Å². The zero-order chi connectivity index (χ0) is 37.7. The third-order valence-corrected chi connectivity index (χ3v) is 14.3. The quantitative estimate of drug-likeness (QED) is 0.0610. The van der Waals surface area contributed by atoms with Crippen LogP contribution in [0.5, 0.6) is 0 Å². The van der Waals surface area contributed by atoms with E-state index in [1.54, 1.807) is 10.8 Å². The summed E-state index contributed by atoms with van der Waals surface area (Å²) in [4.78, 5) is 9.81. The predicted molar refractivity (Wildman–Crippen MR) is 230 cm³/mol. The van der Waals surface area contributed by atoms with E-state index in [0.717, 1.165) is 63.2 Å². The molecular weight excluding hydrogens is 675 g/mol. The number of nitrogens with zero attached hydrogens (tertiary/aromatic N) is 3. The number of furan rings is 1. The number of aryl methyl sites for hydroxylation is 3. The molecule has 1 fully saturated rings. The largest absolute Gasteiger partial charge is 0.437 e. The Labute approximate surface area is 322 Å². The molecule has 4 heterocycles. The van der Waals surface area contributed by atoms with Crippen molar-refractivity contribution >= 4 is 41.0 Å². The van der Waals surface area contributed by atoms with Gasteiger partial charge in [0.25, 0.3) is 0 Å². The first-order valence-electron chi connectivity index (χ1n) is 19.9. The summed E-state index contributed by atoms with van der Waals surface area (Å²) in [6.07, 6.45) is 15.1. The average molecular weight is 729 g/mol. The van der Waals surface area contributed by atoms with Gasteiger partial charge in [-0.1, -0.05) is 113 Å². The summed E-state index contributed by atoms with van der Waals surface area (Å²) in [6, 6.07) is 26.7. The van der Waals surface area contributed by atoms with E-state index >= 15 is 0 Å². The van der Waals surface area contributed by atoms with Crippen molar-refractivity contribution < 1.29 is 8.98 Å². The number of fused-ring (bicyclic) bond motifs is 6. The fourth-order valence-corrected chi connectivity index (χ4v) is 11.4. The van der Waals surface area contributed by atoms with Crippen LogP contribution in [0.3, 0.4) is 0 Å². The van der Waals surface area contributed by atoms with E-state index in [0.29, 0.717) is 5.71 Å². The van der Waals surface area contributed by atoms with Crippen molar-refractivity contribution in [1.29, 1.82) is 0 Å². The normalized spacial score (nSPS) is 17.6. The molecule has 274 valence electrons. The Morgan fingerprint density at radius 2 is 1.65 bits per heavy atom.